The van der Waals surface area contributed by atoms with Crippen molar-refractivity contribution >= 4 is 23.5 Å². The maximum absolute atomic E-state index is 11.8. The Labute approximate surface area is 112 Å². The Hall–Kier alpha value is -1.29. The Morgan fingerprint density at radius 3 is 2.28 bits per heavy atom. The standard InChI is InChI=1S/C14H18O3S/c1-10(2)18-12-8-6-11(7-9-12)13(15)4-3-5-14(16)17/h6-10H,3-5H2,1-2H3,(H,16,17). The number of benzene rings is 1. The molecule has 0 aliphatic rings. The molecule has 0 fully saturated rings. The fourth-order valence-corrected chi connectivity index (χ4v) is 2.37. The Morgan fingerprint density at radius 2 is 1.78 bits per heavy atom. The third-order valence-corrected chi connectivity index (χ3v) is 3.36. The lowest BCUT2D eigenvalue weighted by Crippen LogP contribution is -2.01. The molecule has 0 heterocycles. The van der Waals surface area contributed by atoms with Gasteiger partial charge < -0.3 is 5.11 Å². The normalized spacial score (nSPS) is 10.6. The van der Waals surface area contributed by atoms with E-state index in [1.165, 1.54) is 0 Å². The van der Waals surface area contributed by atoms with E-state index in [4.69, 9.17) is 5.11 Å². The zero-order chi connectivity index (χ0) is 13.5. The van der Waals surface area contributed by atoms with Crippen molar-refractivity contribution in [1.82, 2.24) is 0 Å². The molecule has 18 heavy (non-hydrogen) atoms. The highest BCUT2D eigenvalue weighted by atomic mass is 32.2. The van der Waals surface area contributed by atoms with E-state index in [1.807, 2.05) is 24.3 Å². The van der Waals surface area contributed by atoms with E-state index in [1.54, 1.807) is 11.8 Å². The van der Waals surface area contributed by atoms with Crippen molar-refractivity contribution in [2.45, 2.75) is 43.3 Å². The minimum Gasteiger partial charge on any atom is -0.481 e. The number of carboxylic acid groups (broad SMARTS) is 1. The number of ketones is 1. The SMILES string of the molecule is CC(C)Sc1ccc(C(=O)CCCC(=O)O)cc1. The van der Waals surface area contributed by atoms with Crippen molar-refractivity contribution in [1.29, 1.82) is 0 Å². The number of carbonyl (C=O) groups excluding carboxylic acids is 1. The molecule has 1 rings (SSSR count). The Morgan fingerprint density at radius 1 is 1.17 bits per heavy atom. The first-order chi connectivity index (χ1) is 8.49. The highest BCUT2D eigenvalue weighted by Gasteiger charge is 2.07. The highest BCUT2D eigenvalue weighted by molar-refractivity contribution is 7.99. The van der Waals surface area contributed by atoms with Gasteiger partial charge in [-0.3, -0.25) is 9.59 Å². The highest BCUT2D eigenvalue weighted by Crippen LogP contribution is 2.23. The van der Waals surface area contributed by atoms with E-state index >= 15 is 0 Å². The molecule has 0 saturated carbocycles. The number of hydrogen-bond acceptors (Lipinski definition) is 3. The van der Waals surface area contributed by atoms with Gasteiger partial charge >= 0.3 is 5.97 Å². The molecule has 0 amide bonds. The van der Waals surface area contributed by atoms with E-state index in [0.717, 1.165) is 4.90 Å². The number of aliphatic carboxylic acids is 1. The first-order valence-electron chi connectivity index (χ1n) is 6.00. The average molecular weight is 266 g/mol. The summed E-state index contributed by atoms with van der Waals surface area (Å²) in [5.41, 5.74) is 0.661. The van der Waals surface area contributed by atoms with Crippen LogP contribution in [0.2, 0.25) is 0 Å². The van der Waals surface area contributed by atoms with Crippen LogP contribution in [-0.4, -0.2) is 22.1 Å². The van der Waals surface area contributed by atoms with Crippen molar-refractivity contribution in [3.05, 3.63) is 29.8 Å². The predicted molar refractivity (Wildman–Crippen MR) is 73.3 cm³/mol. The molecular weight excluding hydrogens is 248 g/mol. The molecule has 0 aliphatic carbocycles. The van der Waals surface area contributed by atoms with Crippen LogP contribution in [0.5, 0.6) is 0 Å². The molecule has 0 unspecified atom stereocenters. The summed E-state index contributed by atoms with van der Waals surface area (Å²) in [7, 11) is 0. The Balaban J connectivity index is 2.51. The van der Waals surface area contributed by atoms with Gasteiger partial charge in [0.25, 0.3) is 0 Å². The molecule has 1 aromatic rings. The maximum atomic E-state index is 11.8. The van der Waals surface area contributed by atoms with Crippen molar-refractivity contribution in [2.75, 3.05) is 0 Å². The average Bonchev–Trinajstić information content (AvgIpc) is 2.28. The summed E-state index contributed by atoms with van der Waals surface area (Å²) in [5, 5.41) is 9.02. The van der Waals surface area contributed by atoms with Gasteiger partial charge in [-0.25, -0.2) is 0 Å². The Bertz CT molecular complexity index is 410. The number of carbonyl (C=O) groups is 2. The summed E-state index contributed by atoms with van der Waals surface area (Å²) in [6, 6.07) is 7.51. The molecule has 0 spiro atoms. The van der Waals surface area contributed by atoms with Crippen molar-refractivity contribution in [3.63, 3.8) is 0 Å². The lowest BCUT2D eigenvalue weighted by atomic mass is 10.1. The van der Waals surface area contributed by atoms with Gasteiger partial charge in [0.05, 0.1) is 0 Å². The van der Waals surface area contributed by atoms with Crippen molar-refractivity contribution in [2.24, 2.45) is 0 Å². The van der Waals surface area contributed by atoms with Gasteiger partial charge in [0.15, 0.2) is 5.78 Å². The Kier molecular flexibility index (Phi) is 5.92. The van der Waals surface area contributed by atoms with Crippen LogP contribution < -0.4 is 0 Å². The maximum Gasteiger partial charge on any atom is 0.303 e. The quantitative estimate of drug-likeness (QED) is 0.605. The molecule has 0 aromatic heterocycles. The number of carboxylic acids is 1. The van der Waals surface area contributed by atoms with Crippen molar-refractivity contribution < 1.29 is 14.7 Å². The van der Waals surface area contributed by atoms with Crippen LogP contribution in [0.15, 0.2) is 29.2 Å². The number of thioether (sulfide) groups is 1. The molecule has 3 nitrogen and oxygen atoms in total. The second-order valence-electron chi connectivity index (χ2n) is 4.36. The molecule has 0 atom stereocenters. The molecule has 0 aliphatic heterocycles. The van der Waals surface area contributed by atoms with Gasteiger partial charge in [0.1, 0.15) is 0 Å². The van der Waals surface area contributed by atoms with Gasteiger partial charge in [-0.05, 0) is 18.6 Å². The van der Waals surface area contributed by atoms with Gasteiger partial charge in [0, 0.05) is 28.6 Å². The van der Waals surface area contributed by atoms with Crippen LogP contribution in [0.4, 0.5) is 0 Å². The van der Waals surface area contributed by atoms with Crippen LogP contribution in [0, 0.1) is 0 Å². The summed E-state index contributed by atoms with van der Waals surface area (Å²) in [5.74, 6) is -0.844. The van der Waals surface area contributed by atoms with E-state index < -0.39 is 5.97 Å². The first-order valence-corrected chi connectivity index (χ1v) is 6.88. The van der Waals surface area contributed by atoms with Crippen LogP contribution in [0.1, 0.15) is 43.5 Å². The molecule has 0 bridgehead atoms. The number of rotatable bonds is 7. The summed E-state index contributed by atoms with van der Waals surface area (Å²) in [4.78, 5) is 23.3. The molecule has 0 saturated heterocycles. The molecular formula is C14H18O3S. The third-order valence-electron chi connectivity index (χ3n) is 2.34. The van der Waals surface area contributed by atoms with E-state index in [0.29, 0.717) is 23.7 Å². The van der Waals surface area contributed by atoms with E-state index in [9.17, 15) is 9.59 Å². The van der Waals surface area contributed by atoms with Crippen LogP contribution in [-0.2, 0) is 4.79 Å². The zero-order valence-electron chi connectivity index (χ0n) is 10.7. The molecule has 1 N–H and O–H groups in total. The molecule has 4 heteroatoms. The lowest BCUT2D eigenvalue weighted by Gasteiger charge is -2.05. The second-order valence-corrected chi connectivity index (χ2v) is 6.01. The molecule has 1 aromatic carbocycles. The predicted octanol–water partition coefficient (Wildman–Crippen LogP) is 3.62. The molecule has 0 radical (unpaired) electrons. The van der Waals surface area contributed by atoms with E-state index in [2.05, 4.69) is 13.8 Å². The summed E-state index contributed by atoms with van der Waals surface area (Å²) < 4.78 is 0. The molecule has 98 valence electrons. The lowest BCUT2D eigenvalue weighted by molar-refractivity contribution is -0.137. The minimum atomic E-state index is -0.855. The number of hydrogen-bond donors (Lipinski definition) is 1. The number of Topliss-reactive ketones (excluding diaryl/α,β-unsaturated/α-hetero) is 1. The summed E-state index contributed by atoms with van der Waals surface area (Å²) in [6.45, 7) is 4.24. The van der Waals surface area contributed by atoms with E-state index in [-0.39, 0.29) is 12.2 Å². The minimum absolute atomic E-state index is 0.0114. The monoisotopic (exact) mass is 266 g/mol. The van der Waals surface area contributed by atoms with Crippen molar-refractivity contribution in [3.8, 4) is 0 Å². The first kappa shape index (κ1) is 14.8. The van der Waals surface area contributed by atoms with Crippen LogP contribution in [0.25, 0.3) is 0 Å². The van der Waals surface area contributed by atoms with Gasteiger partial charge in [0.2, 0.25) is 0 Å². The smallest absolute Gasteiger partial charge is 0.303 e. The summed E-state index contributed by atoms with van der Waals surface area (Å²) >= 11 is 1.75. The van der Waals surface area contributed by atoms with Gasteiger partial charge in [-0.2, -0.15) is 0 Å². The fraction of sp³-hybridized carbons (Fsp3) is 0.429. The third kappa shape index (κ3) is 5.36. The fourth-order valence-electron chi connectivity index (χ4n) is 1.54. The topological polar surface area (TPSA) is 54.4 Å². The van der Waals surface area contributed by atoms with Gasteiger partial charge in [-0.1, -0.05) is 26.0 Å². The summed E-state index contributed by atoms with van der Waals surface area (Å²) in [6.07, 6.45) is 0.743. The van der Waals surface area contributed by atoms with Crippen LogP contribution >= 0.6 is 11.8 Å². The largest absolute Gasteiger partial charge is 0.481 e. The zero-order valence-corrected chi connectivity index (χ0v) is 11.5. The van der Waals surface area contributed by atoms with Gasteiger partial charge in [-0.15, -0.1) is 11.8 Å². The second kappa shape index (κ2) is 7.21. The van der Waals surface area contributed by atoms with Crippen LogP contribution in [0.3, 0.4) is 0 Å².